The number of hydrogen-bond donors (Lipinski definition) is 1. The van der Waals surface area contributed by atoms with E-state index in [4.69, 9.17) is 4.74 Å². The van der Waals surface area contributed by atoms with Crippen LogP contribution in [0.5, 0.6) is 5.75 Å². The van der Waals surface area contributed by atoms with Crippen LogP contribution in [0.4, 0.5) is 4.79 Å². The summed E-state index contributed by atoms with van der Waals surface area (Å²) in [6.07, 6.45) is 3.12. The molecule has 4 heteroatoms. The number of rotatable bonds is 5. The minimum Gasteiger partial charge on any atom is -0.497 e. The van der Waals surface area contributed by atoms with E-state index in [9.17, 15) is 4.79 Å². The van der Waals surface area contributed by atoms with Gasteiger partial charge in [0, 0.05) is 19.1 Å². The van der Waals surface area contributed by atoms with Crippen molar-refractivity contribution in [2.75, 3.05) is 20.2 Å². The molecule has 2 amide bonds. The van der Waals surface area contributed by atoms with Gasteiger partial charge < -0.3 is 15.0 Å². The fourth-order valence-electron chi connectivity index (χ4n) is 3.38. The third kappa shape index (κ3) is 5.45. The number of hydrogen-bond acceptors (Lipinski definition) is 2. The Hall–Kier alpha value is -1.71. The lowest BCUT2D eigenvalue weighted by Crippen LogP contribution is -2.49. The molecule has 23 heavy (non-hydrogen) atoms. The fourth-order valence-corrected chi connectivity index (χ4v) is 3.38. The summed E-state index contributed by atoms with van der Waals surface area (Å²) in [5, 5.41) is 3.15. The monoisotopic (exact) mass is 318 g/mol. The summed E-state index contributed by atoms with van der Waals surface area (Å²) in [4.78, 5) is 14.4. The second-order valence-corrected chi connectivity index (χ2v) is 7.09. The van der Waals surface area contributed by atoms with Gasteiger partial charge in [-0.15, -0.1) is 0 Å². The van der Waals surface area contributed by atoms with E-state index in [0.29, 0.717) is 11.8 Å². The predicted octanol–water partition coefficient (Wildman–Crippen LogP) is 3.70. The van der Waals surface area contributed by atoms with Gasteiger partial charge in [-0.05, 0) is 55.7 Å². The predicted molar refractivity (Wildman–Crippen MR) is 93.8 cm³/mol. The van der Waals surface area contributed by atoms with Crippen molar-refractivity contribution in [2.45, 2.75) is 46.1 Å². The van der Waals surface area contributed by atoms with E-state index in [-0.39, 0.29) is 12.1 Å². The first-order chi connectivity index (χ1) is 11.0. The number of benzene rings is 1. The van der Waals surface area contributed by atoms with E-state index >= 15 is 0 Å². The summed E-state index contributed by atoms with van der Waals surface area (Å²) in [7, 11) is 1.68. The van der Waals surface area contributed by atoms with Crippen LogP contribution in [0, 0.1) is 11.8 Å². The molecule has 1 N–H and O–H groups in total. The first-order valence-electron chi connectivity index (χ1n) is 8.66. The van der Waals surface area contributed by atoms with Crippen molar-refractivity contribution in [1.82, 2.24) is 10.2 Å². The van der Waals surface area contributed by atoms with Crippen molar-refractivity contribution in [2.24, 2.45) is 11.8 Å². The lowest BCUT2D eigenvalue weighted by Gasteiger charge is -2.35. The van der Waals surface area contributed by atoms with Gasteiger partial charge in [0.05, 0.1) is 7.11 Å². The third-order valence-corrected chi connectivity index (χ3v) is 4.55. The Kier molecular flexibility index (Phi) is 6.31. The summed E-state index contributed by atoms with van der Waals surface area (Å²) in [6, 6.07) is 8.40. The quantitative estimate of drug-likeness (QED) is 0.899. The van der Waals surface area contributed by atoms with Gasteiger partial charge in [0.1, 0.15) is 5.75 Å². The SMILES string of the molecule is COc1ccc(CCC(C)NC(=O)N2CC(C)CC(C)C2)cc1. The number of ether oxygens (including phenoxy) is 1. The highest BCUT2D eigenvalue weighted by molar-refractivity contribution is 5.74. The van der Waals surface area contributed by atoms with E-state index in [0.717, 1.165) is 31.7 Å². The highest BCUT2D eigenvalue weighted by Gasteiger charge is 2.25. The molecule has 1 fully saturated rings. The second kappa shape index (κ2) is 8.23. The van der Waals surface area contributed by atoms with E-state index in [1.165, 1.54) is 12.0 Å². The molecule has 0 aliphatic carbocycles. The van der Waals surface area contributed by atoms with Gasteiger partial charge in [-0.2, -0.15) is 0 Å². The summed E-state index contributed by atoms with van der Waals surface area (Å²) in [5.41, 5.74) is 1.27. The number of likely N-dealkylation sites (tertiary alicyclic amines) is 1. The number of nitrogens with zero attached hydrogens (tertiary/aromatic N) is 1. The molecule has 128 valence electrons. The van der Waals surface area contributed by atoms with Crippen molar-refractivity contribution >= 4 is 6.03 Å². The van der Waals surface area contributed by atoms with Gasteiger partial charge in [-0.25, -0.2) is 4.79 Å². The molecule has 0 aromatic heterocycles. The number of carbonyl (C=O) groups is 1. The van der Waals surface area contributed by atoms with E-state index in [1.807, 2.05) is 17.0 Å². The summed E-state index contributed by atoms with van der Waals surface area (Å²) < 4.78 is 5.17. The lowest BCUT2D eigenvalue weighted by atomic mass is 9.92. The number of piperidine rings is 1. The van der Waals surface area contributed by atoms with Gasteiger partial charge >= 0.3 is 6.03 Å². The second-order valence-electron chi connectivity index (χ2n) is 7.09. The molecule has 1 aromatic carbocycles. The first-order valence-corrected chi connectivity index (χ1v) is 8.66. The Labute approximate surface area is 140 Å². The van der Waals surface area contributed by atoms with Crippen LogP contribution in [0.15, 0.2) is 24.3 Å². The molecular weight excluding hydrogens is 288 g/mol. The van der Waals surface area contributed by atoms with Crippen LogP contribution < -0.4 is 10.1 Å². The summed E-state index contributed by atoms with van der Waals surface area (Å²) in [6.45, 7) is 8.28. The molecule has 4 nitrogen and oxygen atoms in total. The standard InChI is InChI=1S/C19H30N2O2/c1-14-11-15(2)13-21(12-14)19(22)20-16(3)5-6-17-7-9-18(23-4)10-8-17/h7-10,14-16H,5-6,11-13H2,1-4H3,(H,20,22). The number of aryl methyl sites for hydroxylation is 1. The number of nitrogens with one attached hydrogen (secondary N) is 1. The molecule has 0 saturated carbocycles. The highest BCUT2D eigenvalue weighted by Crippen LogP contribution is 2.21. The zero-order valence-corrected chi connectivity index (χ0v) is 14.8. The number of carbonyl (C=O) groups excluding carboxylic acids is 1. The molecule has 0 spiro atoms. The first kappa shape index (κ1) is 17.6. The van der Waals surface area contributed by atoms with Gasteiger partial charge in [-0.3, -0.25) is 0 Å². The normalized spacial score (nSPS) is 22.5. The van der Waals surface area contributed by atoms with Crippen molar-refractivity contribution < 1.29 is 9.53 Å². The van der Waals surface area contributed by atoms with Gasteiger partial charge in [0.2, 0.25) is 0 Å². The van der Waals surface area contributed by atoms with Crippen LogP contribution in [0.25, 0.3) is 0 Å². The van der Waals surface area contributed by atoms with Crippen LogP contribution in [0.2, 0.25) is 0 Å². The smallest absolute Gasteiger partial charge is 0.317 e. The molecule has 0 radical (unpaired) electrons. The van der Waals surface area contributed by atoms with Gasteiger partial charge in [-0.1, -0.05) is 26.0 Å². The lowest BCUT2D eigenvalue weighted by molar-refractivity contribution is 0.143. The van der Waals surface area contributed by atoms with Gasteiger partial charge in [0.25, 0.3) is 0 Å². The molecular formula is C19H30N2O2. The molecule has 3 unspecified atom stereocenters. The van der Waals surface area contributed by atoms with Crippen LogP contribution in [-0.4, -0.2) is 37.2 Å². The topological polar surface area (TPSA) is 41.6 Å². The molecule has 1 aromatic rings. The van der Waals surface area contributed by atoms with Crippen LogP contribution in [0.3, 0.4) is 0 Å². The highest BCUT2D eigenvalue weighted by atomic mass is 16.5. The van der Waals surface area contributed by atoms with E-state index in [2.05, 4.69) is 38.2 Å². The maximum Gasteiger partial charge on any atom is 0.317 e. The average Bonchev–Trinajstić information content (AvgIpc) is 2.52. The Morgan fingerprint density at radius 1 is 1.26 bits per heavy atom. The van der Waals surface area contributed by atoms with Crippen molar-refractivity contribution in [3.63, 3.8) is 0 Å². The molecule has 1 aliphatic heterocycles. The minimum atomic E-state index is 0.0885. The molecule has 0 bridgehead atoms. The van der Waals surface area contributed by atoms with Crippen molar-refractivity contribution in [1.29, 1.82) is 0 Å². The van der Waals surface area contributed by atoms with E-state index in [1.54, 1.807) is 7.11 Å². The van der Waals surface area contributed by atoms with Crippen molar-refractivity contribution in [3.8, 4) is 5.75 Å². The van der Waals surface area contributed by atoms with Crippen molar-refractivity contribution in [3.05, 3.63) is 29.8 Å². The average molecular weight is 318 g/mol. The zero-order chi connectivity index (χ0) is 16.8. The Morgan fingerprint density at radius 2 is 1.87 bits per heavy atom. The molecule has 1 saturated heterocycles. The Bertz CT molecular complexity index is 491. The maximum absolute atomic E-state index is 12.4. The van der Waals surface area contributed by atoms with Crippen LogP contribution in [0.1, 0.15) is 39.2 Å². The molecule has 1 heterocycles. The number of urea groups is 1. The summed E-state index contributed by atoms with van der Waals surface area (Å²) in [5.74, 6) is 2.07. The largest absolute Gasteiger partial charge is 0.497 e. The fraction of sp³-hybridized carbons (Fsp3) is 0.632. The van der Waals surface area contributed by atoms with Gasteiger partial charge in [0.15, 0.2) is 0 Å². The Balaban J connectivity index is 1.77. The van der Waals surface area contributed by atoms with Crippen LogP contribution >= 0.6 is 0 Å². The van der Waals surface area contributed by atoms with Crippen LogP contribution in [-0.2, 0) is 6.42 Å². The summed E-state index contributed by atoms with van der Waals surface area (Å²) >= 11 is 0. The van der Waals surface area contributed by atoms with E-state index < -0.39 is 0 Å². The zero-order valence-electron chi connectivity index (χ0n) is 14.8. The molecule has 1 aliphatic rings. The molecule has 2 rings (SSSR count). The number of amides is 2. The number of methoxy groups -OCH3 is 1. The minimum absolute atomic E-state index is 0.0885. The third-order valence-electron chi connectivity index (χ3n) is 4.55. The Morgan fingerprint density at radius 3 is 2.43 bits per heavy atom. The maximum atomic E-state index is 12.4. The molecule has 3 atom stereocenters.